The van der Waals surface area contributed by atoms with Crippen molar-refractivity contribution < 1.29 is 0 Å². The van der Waals surface area contributed by atoms with Crippen LogP contribution in [-0.2, 0) is 16.2 Å². The Balaban J connectivity index is 1.15. The van der Waals surface area contributed by atoms with E-state index in [1.54, 1.807) is 0 Å². The Labute approximate surface area is 413 Å². The topological polar surface area (TPSA) is 11.4 Å². The fraction of sp³-hybridized carbons (Fsp3) is 0.206. The van der Waals surface area contributed by atoms with E-state index in [0.29, 0.717) is 0 Å². The number of nitrogens with zero attached hydrogens (tertiary/aromatic N) is 3. The second kappa shape index (κ2) is 13.8. The first-order valence-corrected chi connectivity index (χ1v) is 26.2. The van der Waals surface area contributed by atoms with Gasteiger partial charge in [0.2, 0.25) is 0 Å². The van der Waals surface area contributed by atoms with Crippen LogP contribution in [0.15, 0.2) is 146 Å². The molecule has 3 aromatic heterocycles. The molecular formula is C63H54BN3S2. The molecule has 0 saturated heterocycles. The lowest BCUT2D eigenvalue weighted by molar-refractivity contribution is 0.590. The first kappa shape index (κ1) is 41.4. The van der Waals surface area contributed by atoms with Crippen molar-refractivity contribution in [3.05, 3.63) is 168 Å². The van der Waals surface area contributed by atoms with Gasteiger partial charge in [-0.2, -0.15) is 0 Å². The van der Waals surface area contributed by atoms with Crippen molar-refractivity contribution in [1.29, 1.82) is 0 Å². The van der Waals surface area contributed by atoms with Crippen LogP contribution in [0.1, 0.15) is 84.6 Å². The van der Waals surface area contributed by atoms with Crippen LogP contribution in [-0.4, -0.2) is 11.3 Å². The van der Waals surface area contributed by atoms with E-state index < -0.39 is 0 Å². The standard InChI is InChI=1S/C63H54BN3S2/c1-35-26-49-56-50(27-35)67-51-32-39(62(5,6)7)30-45-43-29-38(61(2,3)4)21-23-48(43)66(57(45)51)52-33-40(63(8,9)10)31-47(59(52)67)64(56)60-58(46-28-37(20-24-55(46)69-60)36-16-12-11-13-17-36)65(49)41-22-25-54-44(34-41)42-18-14-15-19-53(42)68-54/h11-34H,1-10H3. The predicted molar refractivity (Wildman–Crippen MR) is 303 cm³/mol. The molecule has 14 rings (SSSR count). The molecule has 336 valence electrons. The largest absolute Gasteiger partial charge is 0.310 e. The maximum atomic E-state index is 2.71. The molecule has 0 aliphatic carbocycles. The molecule has 0 bridgehead atoms. The summed E-state index contributed by atoms with van der Waals surface area (Å²) in [4.78, 5) is 5.37. The number of hydrogen-bond donors (Lipinski definition) is 0. The highest BCUT2D eigenvalue weighted by Crippen LogP contribution is 2.56. The average molecular weight is 928 g/mol. The Hall–Kier alpha value is -6.60. The lowest BCUT2D eigenvalue weighted by atomic mass is 9.35. The Bertz CT molecular complexity index is 4050. The van der Waals surface area contributed by atoms with Gasteiger partial charge in [-0.1, -0.05) is 129 Å². The Morgan fingerprint density at radius 3 is 1.86 bits per heavy atom. The van der Waals surface area contributed by atoms with E-state index in [-0.39, 0.29) is 23.0 Å². The van der Waals surface area contributed by atoms with Crippen molar-refractivity contribution in [2.45, 2.75) is 85.5 Å². The lowest BCUT2D eigenvalue weighted by Crippen LogP contribution is -2.61. The summed E-state index contributed by atoms with van der Waals surface area (Å²) >= 11 is 3.88. The molecule has 11 aromatic rings. The van der Waals surface area contributed by atoms with E-state index in [4.69, 9.17) is 0 Å². The van der Waals surface area contributed by atoms with Gasteiger partial charge >= 0.3 is 0 Å². The molecule has 0 unspecified atom stereocenters. The minimum absolute atomic E-state index is 0.00888. The summed E-state index contributed by atoms with van der Waals surface area (Å²) in [6.07, 6.45) is 0. The highest BCUT2D eigenvalue weighted by atomic mass is 32.1. The van der Waals surface area contributed by atoms with Gasteiger partial charge in [-0.15, -0.1) is 22.7 Å². The van der Waals surface area contributed by atoms with E-state index in [2.05, 4.69) is 229 Å². The molecule has 3 aliphatic heterocycles. The second-order valence-electron chi connectivity index (χ2n) is 23.1. The highest BCUT2D eigenvalue weighted by molar-refractivity contribution is 7.33. The van der Waals surface area contributed by atoms with E-state index >= 15 is 0 Å². The van der Waals surface area contributed by atoms with E-state index in [1.807, 2.05) is 22.7 Å². The molecule has 69 heavy (non-hydrogen) atoms. The van der Waals surface area contributed by atoms with Crippen molar-refractivity contribution in [3.8, 4) is 16.8 Å². The van der Waals surface area contributed by atoms with Gasteiger partial charge in [-0.25, -0.2) is 0 Å². The molecule has 8 aromatic carbocycles. The first-order valence-electron chi connectivity index (χ1n) is 24.6. The zero-order chi connectivity index (χ0) is 47.2. The number of rotatable bonds is 2. The maximum Gasteiger partial charge on any atom is 0.264 e. The lowest BCUT2D eigenvalue weighted by Gasteiger charge is -2.46. The smallest absolute Gasteiger partial charge is 0.264 e. The van der Waals surface area contributed by atoms with Gasteiger partial charge in [0.15, 0.2) is 0 Å². The summed E-state index contributed by atoms with van der Waals surface area (Å²) in [5.41, 5.74) is 21.9. The summed E-state index contributed by atoms with van der Waals surface area (Å²) in [5, 5.41) is 6.59. The van der Waals surface area contributed by atoms with Crippen LogP contribution in [0.5, 0.6) is 0 Å². The summed E-state index contributed by atoms with van der Waals surface area (Å²) < 4.78 is 8.02. The van der Waals surface area contributed by atoms with Crippen molar-refractivity contribution in [2.24, 2.45) is 0 Å². The van der Waals surface area contributed by atoms with Crippen LogP contribution in [0.3, 0.4) is 0 Å². The van der Waals surface area contributed by atoms with Crippen LogP contribution >= 0.6 is 22.7 Å². The summed E-state index contributed by atoms with van der Waals surface area (Å²) in [6.45, 7) is 23.6. The molecule has 0 atom stereocenters. The fourth-order valence-corrected chi connectivity index (χ4v) is 14.3. The van der Waals surface area contributed by atoms with Crippen LogP contribution < -0.4 is 25.5 Å². The quantitative estimate of drug-likeness (QED) is 0.160. The Kier molecular flexibility index (Phi) is 8.28. The van der Waals surface area contributed by atoms with E-state index in [9.17, 15) is 0 Å². The molecule has 6 heteroatoms. The van der Waals surface area contributed by atoms with Gasteiger partial charge in [-0.05, 0) is 146 Å². The van der Waals surface area contributed by atoms with Crippen molar-refractivity contribution in [2.75, 3.05) is 9.80 Å². The minimum atomic E-state index is -0.0996. The number of anilines is 6. The number of thiophene rings is 2. The molecule has 6 heterocycles. The summed E-state index contributed by atoms with van der Waals surface area (Å²) in [7, 11) is 0. The fourth-order valence-electron chi connectivity index (χ4n) is 12.0. The molecule has 0 spiro atoms. The normalized spacial score (nSPS) is 14.1. The van der Waals surface area contributed by atoms with Crippen molar-refractivity contribution in [3.63, 3.8) is 0 Å². The third-order valence-corrected chi connectivity index (χ3v) is 17.9. The molecule has 3 nitrogen and oxygen atoms in total. The van der Waals surface area contributed by atoms with Crippen LogP contribution in [0.25, 0.3) is 68.9 Å². The SMILES string of the molecule is Cc1cc2c3c(c1)N1c4c(cc(C(C)(C)C)cc4-n4c5ccc(C(C)(C)C)cc5c5cc(C(C)(C)C)cc1c54)B3c1sc3ccc(-c4ccccc4)cc3c1N2c1ccc2sc3ccccc3c2c1. The molecule has 0 fully saturated rings. The Morgan fingerprint density at radius 1 is 0.435 bits per heavy atom. The van der Waals surface area contributed by atoms with Gasteiger partial charge < -0.3 is 14.4 Å². The zero-order valence-electron chi connectivity index (χ0n) is 41.1. The van der Waals surface area contributed by atoms with Gasteiger partial charge in [0, 0.05) is 62.9 Å². The molecule has 0 saturated carbocycles. The average Bonchev–Trinajstić information content (AvgIpc) is 3.99. The van der Waals surface area contributed by atoms with Crippen molar-refractivity contribution in [1.82, 2.24) is 4.57 Å². The molecule has 0 radical (unpaired) electrons. The number of hydrogen-bond acceptors (Lipinski definition) is 4. The summed E-state index contributed by atoms with van der Waals surface area (Å²) in [5.74, 6) is 0. The number of aryl methyl sites for hydroxylation is 1. The third-order valence-electron chi connectivity index (χ3n) is 15.5. The third kappa shape index (κ3) is 5.79. The molecule has 0 N–H and O–H groups in total. The molecular weight excluding hydrogens is 874 g/mol. The maximum absolute atomic E-state index is 2.71. The highest BCUT2D eigenvalue weighted by Gasteiger charge is 2.48. The summed E-state index contributed by atoms with van der Waals surface area (Å²) in [6, 6.07) is 56.7. The van der Waals surface area contributed by atoms with Crippen LogP contribution in [0, 0.1) is 6.92 Å². The van der Waals surface area contributed by atoms with Gasteiger partial charge in [0.05, 0.1) is 33.8 Å². The predicted octanol–water partition coefficient (Wildman–Crippen LogP) is 16.6. The monoisotopic (exact) mass is 927 g/mol. The molecule has 0 amide bonds. The van der Waals surface area contributed by atoms with Crippen LogP contribution in [0.2, 0.25) is 0 Å². The number of aromatic nitrogens is 1. The van der Waals surface area contributed by atoms with Crippen molar-refractivity contribution >= 4 is 131 Å². The van der Waals surface area contributed by atoms with Gasteiger partial charge in [0.1, 0.15) is 0 Å². The van der Waals surface area contributed by atoms with Gasteiger partial charge in [-0.3, -0.25) is 0 Å². The van der Waals surface area contributed by atoms with Crippen LogP contribution in [0.4, 0.5) is 34.1 Å². The second-order valence-corrected chi connectivity index (χ2v) is 25.3. The number of benzene rings is 8. The minimum Gasteiger partial charge on any atom is -0.310 e. The number of fused-ring (bicyclic) bond motifs is 14. The Morgan fingerprint density at radius 2 is 1.09 bits per heavy atom. The molecule has 3 aliphatic rings. The zero-order valence-corrected chi connectivity index (χ0v) is 42.7. The van der Waals surface area contributed by atoms with Gasteiger partial charge in [0.25, 0.3) is 6.71 Å². The van der Waals surface area contributed by atoms with E-state index in [1.165, 1.54) is 141 Å². The van der Waals surface area contributed by atoms with E-state index in [0.717, 1.165) is 0 Å². The first-order chi connectivity index (χ1) is 33.0.